The van der Waals surface area contributed by atoms with Crippen LogP contribution in [0.15, 0.2) is 59.1 Å². The number of rotatable bonds is 2. The van der Waals surface area contributed by atoms with Crippen molar-refractivity contribution in [2.24, 2.45) is 5.73 Å². The average molecular weight is 338 g/mol. The van der Waals surface area contributed by atoms with Crippen molar-refractivity contribution in [1.82, 2.24) is 0 Å². The first-order valence-corrected chi connectivity index (χ1v) is 8.08. The van der Waals surface area contributed by atoms with E-state index in [1.807, 2.05) is 12.1 Å². The Kier molecular flexibility index (Phi) is 3.09. The number of hydrogen-bond donors (Lipinski definition) is 1. The van der Waals surface area contributed by atoms with Gasteiger partial charge in [0.25, 0.3) is 0 Å². The first kappa shape index (κ1) is 13.1. The zero-order valence-corrected chi connectivity index (χ0v) is 13.2. The van der Waals surface area contributed by atoms with Crippen molar-refractivity contribution in [1.29, 1.82) is 0 Å². The lowest BCUT2D eigenvalue weighted by Crippen LogP contribution is -2.13. The fourth-order valence-electron chi connectivity index (χ4n) is 3.44. The highest BCUT2D eigenvalue weighted by Crippen LogP contribution is 2.37. The Bertz CT molecular complexity index is 828. The van der Waals surface area contributed by atoms with Crippen LogP contribution in [0.2, 0.25) is 0 Å². The molecule has 0 bridgehead atoms. The van der Waals surface area contributed by atoms with E-state index in [0.717, 1.165) is 22.9 Å². The summed E-state index contributed by atoms with van der Waals surface area (Å²) in [6.45, 7) is 0. The molecule has 1 unspecified atom stereocenters. The molecule has 1 aliphatic rings. The van der Waals surface area contributed by atoms with Gasteiger partial charge in [0.15, 0.2) is 0 Å². The zero-order chi connectivity index (χ0) is 14.4. The second kappa shape index (κ2) is 4.97. The minimum Gasteiger partial charge on any atom is -0.320 e. The summed E-state index contributed by atoms with van der Waals surface area (Å²) in [5.74, 6) is 0. The zero-order valence-electron chi connectivity index (χ0n) is 11.6. The van der Waals surface area contributed by atoms with Gasteiger partial charge in [0, 0.05) is 4.47 Å². The summed E-state index contributed by atoms with van der Waals surface area (Å²) in [5.41, 5.74) is 11.8. The lowest BCUT2D eigenvalue weighted by molar-refractivity contribution is 0.874. The molecule has 1 nitrogen and oxygen atoms in total. The maximum Gasteiger partial charge on any atom is 0.0568 e. The summed E-state index contributed by atoms with van der Waals surface area (Å²) in [4.78, 5) is 0. The third kappa shape index (κ3) is 2.02. The van der Waals surface area contributed by atoms with Gasteiger partial charge in [-0.15, -0.1) is 0 Å². The number of halogens is 1. The van der Waals surface area contributed by atoms with Gasteiger partial charge in [-0.25, -0.2) is 0 Å². The fourth-order valence-corrected chi connectivity index (χ4v) is 3.97. The van der Waals surface area contributed by atoms with Crippen LogP contribution in [-0.4, -0.2) is 0 Å². The van der Waals surface area contributed by atoms with Crippen molar-refractivity contribution in [3.63, 3.8) is 0 Å². The molecular formula is C19H16BrN. The third-order valence-corrected chi connectivity index (χ3v) is 5.21. The standard InChI is InChI=1S/C19H16BrN/c20-17-7-2-1-5-16(17)19(21)15-11-10-13-9-8-12-4-3-6-14(15)18(12)13/h1-7,10-11,19H,8-9,21H2. The Hall–Kier alpha value is -1.64. The Labute approximate surface area is 132 Å². The van der Waals surface area contributed by atoms with Crippen LogP contribution < -0.4 is 5.73 Å². The summed E-state index contributed by atoms with van der Waals surface area (Å²) >= 11 is 3.62. The van der Waals surface area contributed by atoms with Crippen molar-refractivity contribution in [2.45, 2.75) is 18.9 Å². The van der Waals surface area contributed by atoms with Crippen LogP contribution in [0.1, 0.15) is 28.3 Å². The first-order valence-electron chi connectivity index (χ1n) is 7.29. The number of nitrogens with two attached hydrogens (primary N) is 1. The lowest BCUT2D eigenvalue weighted by atomic mass is 9.92. The highest BCUT2D eigenvalue weighted by molar-refractivity contribution is 9.10. The Morgan fingerprint density at radius 1 is 0.810 bits per heavy atom. The normalized spacial score (nSPS) is 14.6. The quantitative estimate of drug-likeness (QED) is 0.717. The molecule has 0 saturated heterocycles. The second-order valence-electron chi connectivity index (χ2n) is 5.65. The molecule has 1 aliphatic carbocycles. The van der Waals surface area contributed by atoms with E-state index in [4.69, 9.17) is 5.73 Å². The molecule has 0 amide bonds. The van der Waals surface area contributed by atoms with Gasteiger partial charge in [-0.05, 0) is 51.9 Å². The van der Waals surface area contributed by atoms with Crippen molar-refractivity contribution in [3.8, 4) is 0 Å². The van der Waals surface area contributed by atoms with Gasteiger partial charge in [0.2, 0.25) is 0 Å². The molecule has 21 heavy (non-hydrogen) atoms. The molecule has 0 aromatic heterocycles. The average Bonchev–Trinajstić information content (AvgIpc) is 2.93. The van der Waals surface area contributed by atoms with E-state index in [1.165, 1.54) is 27.5 Å². The van der Waals surface area contributed by atoms with Crippen LogP contribution in [0.4, 0.5) is 0 Å². The van der Waals surface area contributed by atoms with Gasteiger partial charge < -0.3 is 5.73 Å². The molecule has 3 aromatic carbocycles. The predicted octanol–water partition coefficient (Wildman–Crippen LogP) is 4.75. The number of aryl methyl sites for hydroxylation is 2. The van der Waals surface area contributed by atoms with Gasteiger partial charge in [-0.2, -0.15) is 0 Å². The van der Waals surface area contributed by atoms with Crippen LogP contribution in [-0.2, 0) is 12.8 Å². The van der Waals surface area contributed by atoms with Gasteiger partial charge in [-0.3, -0.25) is 0 Å². The second-order valence-corrected chi connectivity index (χ2v) is 6.51. The summed E-state index contributed by atoms with van der Waals surface area (Å²) < 4.78 is 1.07. The van der Waals surface area contributed by atoms with Crippen molar-refractivity contribution < 1.29 is 0 Å². The number of hydrogen-bond acceptors (Lipinski definition) is 1. The molecule has 4 rings (SSSR count). The van der Waals surface area contributed by atoms with E-state index in [9.17, 15) is 0 Å². The molecule has 0 heterocycles. The maximum absolute atomic E-state index is 6.57. The summed E-state index contributed by atoms with van der Waals surface area (Å²) in [6, 6.07) is 19.2. The summed E-state index contributed by atoms with van der Waals surface area (Å²) in [5, 5.41) is 2.74. The Balaban J connectivity index is 1.94. The van der Waals surface area contributed by atoms with Crippen molar-refractivity contribution in [3.05, 3.63) is 81.3 Å². The van der Waals surface area contributed by atoms with Crippen LogP contribution >= 0.6 is 15.9 Å². The SMILES string of the molecule is NC(c1ccccc1Br)c1ccc2c3c(cccc13)CC2. The topological polar surface area (TPSA) is 26.0 Å². The van der Waals surface area contributed by atoms with Gasteiger partial charge in [0.05, 0.1) is 6.04 Å². The minimum absolute atomic E-state index is 0.106. The van der Waals surface area contributed by atoms with E-state index in [0.29, 0.717) is 0 Å². The molecular weight excluding hydrogens is 322 g/mol. The predicted molar refractivity (Wildman–Crippen MR) is 91.5 cm³/mol. The summed E-state index contributed by atoms with van der Waals surface area (Å²) in [7, 11) is 0. The minimum atomic E-state index is -0.106. The fraction of sp³-hybridized carbons (Fsp3) is 0.158. The van der Waals surface area contributed by atoms with Crippen LogP contribution in [0, 0.1) is 0 Å². The smallest absolute Gasteiger partial charge is 0.0568 e. The number of benzene rings is 3. The molecule has 0 saturated carbocycles. The van der Waals surface area contributed by atoms with E-state index < -0.39 is 0 Å². The van der Waals surface area contributed by atoms with E-state index in [-0.39, 0.29) is 6.04 Å². The monoisotopic (exact) mass is 337 g/mol. The molecule has 104 valence electrons. The van der Waals surface area contributed by atoms with Gasteiger partial charge >= 0.3 is 0 Å². The molecule has 3 aromatic rings. The largest absolute Gasteiger partial charge is 0.320 e. The Morgan fingerprint density at radius 2 is 1.57 bits per heavy atom. The molecule has 1 atom stereocenters. The van der Waals surface area contributed by atoms with Crippen molar-refractivity contribution in [2.75, 3.05) is 0 Å². The van der Waals surface area contributed by atoms with Crippen LogP contribution in [0.5, 0.6) is 0 Å². The molecule has 2 heteroatoms. The lowest BCUT2D eigenvalue weighted by Gasteiger charge is -2.17. The highest BCUT2D eigenvalue weighted by atomic mass is 79.9. The molecule has 2 N–H and O–H groups in total. The van der Waals surface area contributed by atoms with E-state index in [1.54, 1.807) is 0 Å². The summed E-state index contributed by atoms with van der Waals surface area (Å²) in [6.07, 6.45) is 2.31. The first-order chi connectivity index (χ1) is 10.3. The Morgan fingerprint density at radius 3 is 2.38 bits per heavy atom. The van der Waals surface area contributed by atoms with Gasteiger partial charge in [-0.1, -0.05) is 64.5 Å². The molecule has 0 aliphatic heterocycles. The van der Waals surface area contributed by atoms with Crippen LogP contribution in [0.3, 0.4) is 0 Å². The maximum atomic E-state index is 6.57. The van der Waals surface area contributed by atoms with E-state index in [2.05, 4.69) is 58.4 Å². The molecule has 0 spiro atoms. The third-order valence-electron chi connectivity index (χ3n) is 4.49. The van der Waals surface area contributed by atoms with Crippen LogP contribution in [0.25, 0.3) is 10.8 Å². The highest BCUT2D eigenvalue weighted by Gasteiger charge is 2.19. The molecule has 0 radical (unpaired) electrons. The van der Waals surface area contributed by atoms with Gasteiger partial charge in [0.1, 0.15) is 0 Å². The van der Waals surface area contributed by atoms with E-state index >= 15 is 0 Å². The van der Waals surface area contributed by atoms with Crippen molar-refractivity contribution >= 4 is 26.7 Å². The molecule has 0 fully saturated rings.